The number of nitrogens with one attached hydrogen (secondary N) is 2. The molecular formula is C20H18N2O3S2. The average molecular weight is 399 g/mol. The van der Waals surface area contributed by atoms with Gasteiger partial charge in [-0.05, 0) is 35.6 Å². The van der Waals surface area contributed by atoms with Crippen LogP contribution in [-0.4, -0.2) is 24.1 Å². The minimum Gasteiger partial charge on any atom is -0.348 e. The summed E-state index contributed by atoms with van der Waals surface area (Å²) in [6.45, 7) is 0.612. The fourth-order valence-electron chi connectivity index (χ4n) is 2.42. The molecule has 0 atom stereocenters. The average Bonchev–Trinajstić information content (AvgIpc) is 3.38. The topological polar surface area (TPSA) is 75.3 Å². The van der Waals surface area contributed by atoms with Crippen LogP contribution in [0, 0.1) is 0 Å². The lowest BCUT2D eigenvalue weighted by molar-refractivity contribution is -0.139. The van der Waals surface area contributed by atoms with E-state index in [0.717, 1.165) is 10.4 Å². The highest BCUT2D eigenvalue weighted by Gasteiger charge is 2.15. The van der Waals surface area contributed by atoms with Gasteiger partial charge in [0.2, 0.25) is 5.78 Å². The van der Waals surface area contributed by atoms with Gasteiger partial charge in [-0.3, -0.25) is 14.4 Å². The standard InChI is InChI=1S/C20H18N2O3S2/c23-18(15-9-11-26-13-15)17-7-6-16(27-17)12-22-20(25)19(24)21-10-8-14-4-2-1-3-5-14/h1-7,9,11,13H,8,10,12H2,(H,21,24)(H,22,25). The first-order valence-electron chi connectivity index (χ1n) is 8.39. The Bertz CT molecular complexity index is 918. The van der Waals surface area contributed by atoms with Crippen molar-refractivity contribution in [1.29, 1.82) is 0 Å². The van der Waals surface area contributed by atoms with E-state index in [4.69, 9.17) is 0 Å². The van der Waals surface area contributed by atoms with Crippen LogP contribution in [0.15, 0.2) is 59.3 Å². The largest absolute Gasteiger partial charge is 0.348 e. The van der Waals surface area contributed by atoms with Gasteiger partial charge in [0.05, 0.1) is 11.4 Å². The van der Waals surface area contributed by atoms with Gasteiger partial charge in [-0.2, -0.15) is 11.3 Å². The Morgan fingerprint density at radius 3 is 2.41 bits per heavy atom. The molecule has 2 N–H and O–H groups in total. The number of amides is 2. The van der Waals surface area contributed by atoms with E-state index in [2.05, 4.69) is 10.6 Å². The maximum absolute atomic E-state index is 12.3. The Morgan fingerprint density at radius 1 is 0.889 bits per heavy atom. The van der Waals surface area contributed by atoms with Gasteiger partial charge in [-0.25, -0.2) is 0 Å². The molecule has 138 valence electrons. The number of carbonyl (C=O) groups is 3. The lowest BCUT2D eigenvalue weighted by Crippen LogP contribution is -2.40. The van der Waals surface area contributed by atoms with E-state index in [9.17, 15) is 14.4 Å². The quantitative estimate of drug-likeness (QED) is 0.475. The van der Waals surface area contributed by atoms with Crippen LogP contribution in [0.5, 0.6) is 0 Å². The highest BCUT2D eigenvalue weighted by atomic mass is 32.1. The van der Waals surface area contributed by atoms with E-state index in [0.29, 0.717) is 23.4 Å². The molecule has 0 bridgehead atoms. The maximum atomic E-state index is 12.3. The zero-order valence-electron chi connectivity index (χ0n) is 14.4. The first kappa shape index (κ1) is 19.0. The van der Waals surface area contributed by atoms with E-state index >= 15 is 0 Å². The van der Waals surface area contributed by atoms with E-state index < -0.39 is 11.8 Å². The molecule has 0 fully saturated rings. The SMILES string of the molecule is O=C(NCCc1ccccc1)C(=O)NCc1ccc(C(=O)c2ccsc2)s1. The monoisotopic (exact) mass is 398 g/mol. The predicted molar refractivity (Wildman–Crippen MR) is 107 cm³/mol. The van der Waals surface area contributed by atoms with Gasteiger partial charge in [0.15, 0.2) is 0 Å². The first-order chi connectivity index (χ1) is 13.1. The van der Waals surface area contributed by atoms with Crippen LogP contribution in [0.25, 0.3) is 0 Å². The summed E-state index contributed by atoms with van der Waals surface area (Å²) in [5.74, 6) is -1.36. The molecule has 2 heterocycles. The van der Waals surface area contributed by atoms with Crippen molar-refractivity contribution in [3.8, 4) is 0 Å². The van der Waals surface area contributed by atoms with E-state index in [1.165, 1.54) is 22.7 Å². The Balaban J connectivity index is 1.43. The maximum Gasteiger partial charge on any atom is 0.309 e. The lowest BCUT2D eigenvalue weighted by atomic mass is 10.1. The van der Waals surface area contributed by atoms with Crippen molar-refractivity contribution >= 4 is 40.3 Å². The van der Waals surface area contributed by atoms with Crippen LogP contribution in [-0.2, 0) is 22.6 Å². The summed E-state index contributed by atoms with van der Waals surface area (Å²) in [4.78, 5) is 37.5. The van der Waals surface area contributed by atoms with Gasteiger partial charge in [0.1, 0.15) is 0 Å². The van der Waals surface area contributed by atoms with Crippen LogP contribution in [0.4, 0.5) is 0 Å². The summed E-state index contributed by atoms with van der Waals surface area (Å²) < 4.78 is 0. The van der Waals surface area contributed by atoms with Gasteiger partial charge in [0, 0.05) is 22.4 Å². The molecule has 5 nitrogen and oxygen atoms in total. The molecule has 0 saturated heterocycles. The summed E-state index contributed by atoms with van der Waals surface area (Å²) in [5.41, 5.74) is 1.76. The van der Waals surface area contributed by atoms with E-state index in [1.807, 2.05) is 41.1 Å². The second-order valence-corrected chi connectivity index (χ2v) is 7.73. The molecule has 0 spiro atoms. The van der Waals surface area contributed by atoms with Gasteiger partial charge < -0.3 is 10.6 Å². The Hall–Kier alpha value is -2.77. The molecule has 2 aromatic heterocycles. The molecule has 0 unspecified atom stereocenters. The van der Waals surface area contributed by atoms with Crippen molar-refractivity contribution in [2.45, 2.75) is 13.0 Å². The van der Waals surface area contributed by atoms with Crippen LogP contribution in [0.3, 0.4) is 0 Å². The molecule has 1 aromatic carbocycles. The van der Waals surface area contributed by atoms with Crippen molar-refractivity contribution in [2.75, 3.05) is 6.54 Å². The normalized spacial score (nSPS) is 10.4. The van der Waals surface area contributed by atoms with Crippen molar-refractivity contribution in [1.82, 2.24) is 10.6 Å². The van der Waals surface area contributed by atoms with Gasteiger partial charge in [-0.15, -0.1) is 11.3 Å². The molecule has 0 aliphatic carbocycles. The molecule has 3 aromatic rings. The first-order valence-corrected chi connectivity index (χ1v) is 10.1. The minimum absolute atomic E-state index is 0.0301. The van der Waals surface area contributed by atoms with E-state index in [-0.39, 0.29) is 12.3 Å². The second kappa shape index (κ2) is 9.25. The van der Waals surface area contributed by atoms with Crippen LogP contribution in [0.2, 0.25) is 0 Å². The zero-order valence-corrected chi connectivity index (χ0v) is 16.1. The van der Waals surface area contributed by atoms with Gasteiger partial charge in [0.25, 0.3) is 0 Å². The smallest absolute Gasteiger partial charge is 0.309 e. The molecule has 3 rings (SSSR count). The molecule has 7 heteroatoms. The number of carbonyl (C=O) groups excluding carboxylic acids is 3. The molecule has 2 amide bonds. The van der Waals surface area contributed by atoms with Gasteiger partial charge >= 0.3 is 11.8 Å². The van der Waals surface area contributed by atoms with Crippen molar-refractivity contribution in [3.05, 3.63) is 80.2 Å². The van der Waals surface area contributed by atoms with Crippen molar-refractivity contribution < 1.29 is 14.4 Å². The fourth-order valence-corrected chi connectivity index (χ4v) is 3.97. The Kier molecular flexibility index (Phi) is 6.51. The van der Waals surface area contributed by atoms with Crippen LogP contribution in [0.1, 0.15) is 25.7 Å². The molecule has 0 aliphatic rings. The summed E-state index contributed by atoms with van der Waals surface area (Å²) >= 11 is 2.79. The van der Waals surface area contributed by atoms with Crippen LogP contribution < -0.4 is 10.6 Å². The number of thiophene rings is 2. The zero-order chi connectivity index (χ0) is 19.1. The van der Waals surface area contributed by atoms with Crippen LogP contribution >= 0.6 is 22.7 Å². The number of ketones is 1. The third kappa shape index (κ3) is 5.35. The predicted octanol–water partition coefficient (Wildman–Crippen LogP) is 3.02. The second-order valence-electron chi connectivity index (χ2n) is 5.78. The Morgan fingerprint density at radius 2 is 1.67 bits per heavy atom. The van der Waals surface area contributed by atoms with E-state index in [1.54, 1.807) is 18.2 Å². The fraction of sp³-hybridized carbons (Fsp3) is 0.150. The molecular weight excluding hydrogens is 380 g/mol. The third-order valence-electron chi connectivity index (χ3n) is 3.84. The highest BCUT2D eigenvalue weighted by Crippen LogP contribution is 2.21. The molecule has 0 saturated carbocycles. The summed E-state index contributed by atoms with van der Waals surface area (Å²) in [5, 5.41) is 8.86. The lowest BCUT2D eigenvalue weighted by Gasteiger charge is -2.06. The number of benzene rings is 1. The third-order valence-corrected chi connectivity index (χ3v) is 5.61. The number of rotatable bonds is 7. The molecule has 0 radical (unpaired) electrons. The summed E-state index contributed by atoms with van der Waals surface area (Å²) in [7, 11) is 0. The number of hydrogen-bond donors (Lipinski definition) is 2. The van der Waals surface area contributed by atoms with Gasteiger partial charge in [-0.1, -0.05) is 30.3 Å². The van der Waals surface area contributed by atoms with Crippen molar-refractivity contribution in [3.63, 3.8) is 0 Å². The molecule has 0 aliphatic heterocycles. The van der Waals surface area contributed by atoms with Crippen molar-refractivity contribution in [2.24, 2.45) is 0 Å². The molecule has 27 heavy (non-hydrogen) atoms. The highest BCUT2D eigenvalue weighted by molar-refractivity contribution is 7.14. The Labute approximate surface area is 165 Å². The minimum atomic E-state index is -0.679. The summed E-state index contributed by atoms with van der Waals surface area (Å²) in [6, 6.07) is 15.1. The summed E-state index contributed by atoms with van der Waals surface area (Å²) in [6.07, 6.45) is 0.666. The number of hydrogen-bond acceptors (Lipinski definition) is 5.